The standard InChI is InChI=1S/C13H16BrNO4S/c1-8(9-2-3-9)7-15-20(18,19)12-6-10(13(16)17)4-5-11(12)14/h4-6,8-9,15H,2-3,7H2,1H3,(H,16,17). The Balaban J connectivity index is 2.19. The molecule has 1 atom stereocenters. The summed E-state index contributed by atoms with van der Waals surface area (Å²) in [6.45, 7) is 2.39. The van der Waals surface area contributed by atoms with Gasteiger partial charge in [-0.2, -0.15) is 0 Å². The molecule has 0 heterocycles. The summed E-state index contributed by atoms with van der Waals surface area (Å²) < 4.78 is 27.4. The zero-order valence-corrected chi connectivity index (χ0v) is 13.4. The molecule has 0 amide bonds. The van der Waals surface area contributed by atoms with Gasteiger partial charge in [0.2, 0.25) is 10.0 Å². The lowest BCUT2D eigenvalue weighted by Crippen LogP contribution is -2.29. The number of carboxylic acids is 1. The molecule has 1 unspecified atom stereocenters. The summed E-state index contributed by atoms with van der Waals surface area (Å²) in [6.07, 6.45) is 2.31. The molecule has 2 rings (SSSR count). The molecular weight excluding hydrogens is 346 g/mol. The van der Waals surface area contributed by atoms with Crippen molar-refractivity contribution in [1.29, 1.82) is 0 Å². The second kappa shape index (κ2) is 5.83. The molecule has 5 nitrogen and oxygen atoms in total. The van der Waals surface area contributed by atoms with Gasteiger partial charge in [0.25, 0.3) is 0 Å². The second-order valence-corrected chi connectivity index (χ2v) is 7.71. The van der Waals surface area contributed by atoms with Crippen LogP contribution < -0.4 is 4.72 Å². The van der Waals surface area contributed by atoms with Crippen molar-refractivity contribution in [3.63, 3.8) is 0 Å². The largest absolute Gasteiger partial charge is 0.478 e. The van der Waals surface area contributed by atoms with Gasteiger partial charge < -0.3 is 5.11 Å². The molecule has 110 valence electrons. The average molecular weight is 362 g/mol. The number of rotatable bonds is 6. The van der Waals surface area contributed by atoms with Gasteiger partial charge in [-0.1, -0.05) is 6.92 Å². The predicted molar refractivity (Wildman–Crippen MR) is 78.2 cm³/mol. The number of hydrogen-bond acceptors (Lipinski definition) is 3. The highest BCUT2D eigenvalue weighted by atomic mass is 79.9. The van der Waals surface area contributed by atoms with Crippen LogP contribution in [-0.2, 0) is 10.0 Å². The van der Waals surface area contributed by atoms with Crippen LogP contribution in [0.25, 0.3) is 0 Å². The molecule has 1 aliphatic carbocycles. The first kappa shape index (κ1) is 15.5. The number of carboxylic acid groups (broad SMARTS) is 1. The summed E-state index contributed by atoms with van der Waals surface area (Å²) in [5, 5.41) is 8.93. The van der Waals surface area contributed by atoms with Gasteiger partial charge in [-0.05, 0) is 58.8 Å². The van der Waals surface area contributed by atoms with Gasteiger partial charge in [-0.25, -0.2) is 17.9 Å². The van der Waals surface area contributed by atoms with E-state index in [1.807, 2.05) is 6.92 Å². The van der Waals surface area contributed by atoms with Gasteiger partial charge in [-0.3, -0.25) is 0 Å². The average Bonchev–Trinajstić information content (AvgIpc) is 3.20. The zero-order chi connectivity index (χ0) is 14.9. The first-order chi connectivity index (χ1) is 9.31. The first-order valence-electron chi connectivity index (χ1n) is 6.34. The van der Waals surface area contributed by atoms with Crippen molar-refractivity contribution in [2.75, 3.05) is 6.54 Å². The third-order valence-corrected chi connectivity index (χ3v) is 5.91. The van der Waals surface area contributed by atoms with Gasteiger partial charge in [0.05, 0.1) is 10.5 Å². The van der Waals surface area contributed by atoms with Gasteiger partial charge in [0.15, 0.2) is 0 Å². The van der Waals surface area contributed by atoms with Gasteiger partial charge in [0, 0.05) is 11.0 Å². The fourth-order valence-electron chi connectivity index (χ4n) is 1.99. The molecule has 2 N–H and O–H groups in total. The van der Waals surface area contributed by atoms with Crippen molar-refractivity contribution < 1.29 is 18.3 Å². The van der Waals surface area contributed by atoms with Crippen LogP contribution >= 0.6 is 15.9 Å². The van der Waals surface area contributed by atoms with Gasteiger partial charge in [0.1, 0.15) is 0 Å². The van der Waals surface area contributed by atoms with E-state index >= 15 is 0 Å². The fraction of sp³-hybridized carbons (Fsp3) is 0.462. The molecule has 20 heavy (non-hydrogen) atoms. The van der Waals surface area contributed by atoms with Gasteiger partial charge >= 0.3 is 5.97 Å². The van der Waals surface area contributed by atoms with Crippen molar-refractivity contribution in [2.24, 2.45) is 11.8 Å². The Labute approximate surface area is 126 Å². The van der Waals surface area contributed by atoms with Crippen molar-refractivity contribution >= 4 is 31.9 Å². The Bertz CT molecular complexity index is 625. The fourth-order valence-corrected chi connectivity index (χ4v) is 4.12. The highest BCUT2D eigenvalue weighted by Gasteiger charge is 2.29. The van der Waals surface area contributed by atoms with Crippen molar-refractivity contribution in [1.82, 2.24) is 4.72 Å². The molecular formula is C13H16BrNO4S. The van der Waals surface area contributed by atoms with Crippen LogP contribution in [0.2, 0.25) is 0 Å². The summed E-state index contributed by atoms with van der Waals surface area (Å²) in [5.74, 6) is -0.252. The number of hydrogen-bond donors (Lipinski definition) is 2. The van der Waals surface area contributed by atoms with E-state index in [1.54, 1.807) is 0 Å². The van der Waals surface area contributed by atoms with E-state index < -0.39 is 16.0 Å². The third-order valence-electron chi connectivity index (χ3n) is 3.49. The smallest absolute Gasteiger partial charge is 0.335 e. The molecule has 1 aliphatic rings. The maximum absolute atomic E-state index is 12.2. The van der Waals surface area contributed by atoms with Crippen LogP contribution in [-0.4, -0.2) is 26.0 Å². The maximum Gasteiger partial charge on any atom is 0.335 e. The number of halogens is 1. The van der Waals surface area contributed by atoms with E-state index in [1.165, 1.54) is 12.1 Å². The molecule has 0 bridgehead atoms. The SMILES string of the molecule is CC(CNS(=O)(=O)c1cc(C(=O)O)ccc1Br)C1CC1. The molecule has 1 aromatic carbocycles. The van der Waals surface area contributed by atoms with Crippen LogP contribution in [0, 0.1) is 11.8 Å². The molecule has 1 fully saturated rings. The van der Waals surface area contributed by atoms with Gasteiger partial charge in [-0.15, -0.1) is 0 Å². The van der Waals surface area contributed by atoms with Crippen LogP contribution in [0.5, 0.6) is 0 Å². The quantitative estimate of drug-likeness (QED) is 0.814. The van der Waals surface area contributed by atoms with Crippen LogP contribution in [0.15, 0.2) is 27.6 Å². The minimum atomic E-state index is -3.71. The van der Waals surface area contributed by atoms with Crippen molar-refractivity contribution in [3.05, 3.63) is 28.2 Å². The van der Waals surface area contributed by atoms with Crippen LogP contribution in [0.1, 0.15) is 30.1 Å². The lowest BCUT2D eigenvalue weighted by atomic mass is 10.1. The Hall–Kier alpha value is -0.920. The number of nitrogens with one attached hydrogen (secondary N) is 1. The van der Waals surface area contributed by atoms with Crippen molar-refractivity contribution in [2.45, 2.75) is 24.7 Å². The molecule has 0 aliphatic heterocycles. The lowest BCUT2D eigenvalue weighted by Gasteiger charge is -2.13. The number of aromatic carboxylic acids is 1. The van der Waals surface area contributed by atoms with E-state index in [-0.39, 0.29) is 10.5 Å². The van der Waals surface area contributed by atoms with Crippen LogP contribution in [0.3, 0.4) is 0 Å². The van der Waals surface area contributed by atoms with E-state index in [4.69, 9.17) is 5.11 Å². The monoisotopic (exact) mass is 361 g/mol. The highest BCUT2D eigenvalue weighted by molar-refractivity contribution is 9.10. The summed E-state index contributed by atoms with van der Waals surface area (Å²) in [5.41, 5.74) is -0.0520. The molecule has 1 aromatic rings. The maximum atomic E-state index is 12.2. The zero-order valence-electron chi connectivity index (χ0n) is 11.0. The van der Waals surface area contributed by atoms with Crippen molar-refractivity contribution in [3.8, 4) is 0 Å². The Morgan fingerprint density at radius 2 is 2.15 bits per heavy atom. The predicted octanol–water partition coefficient (Wildman–Crippen LogP) is 2.47. The van der Waals surface area contributed by atoms with E-state index in [2.05, 4.69) is 20.7 Å². The Kier molecular flexibility index (Phi) is 4.51. The highest BCUT2D eigenvalue weighted by Crippen LogP contribution is 2.36. The topological polar surface area (TPSA) is 83.5 Å². The molecule has 0 aromatic heterocycles. The van der Waals surface area contributed by atoms with Crippen LogP contribution in [0.4, 0.5) is 0 Å². The Morgan fingerprint density at radius 3 is 2.70 bits per heavy atom. The molecule has 1 saturated carbocycles. The minimum Gasteiger partial charge on any atom is -0.478 e. The number of benzene rings is 1. The molecule has 0 saturated heterocycles. The Morgan fingerprint density at radius 1 is 1.50 bits per heavy atom. The molecule has 7 heteroatoms. The summed E-state index contributed by atoms with van der Waals surface area (Å²) in [6, 6.07) is 3.96. The summed E-state index contributed by atoms with van der Waals surface area (Å²) in [4.78, 5) is 10.9. The van der Waals surface area contributed by atoms with E-state index in [0.717, 1.165) is 18.9 Å². The molecule has 0 spiro atoms. The lowest BCUT2D eigenvalue weighted by molar-refractivity contribution is 0.0696. The number of carbonyl (C=O) groups is 1. The van der Waals surface area contributed by atoms with E-state index in [0.29, 0.717) is 22.9 Å². The summed E-state index contributed by atoms with van der Waals surface area (Å²) >= 11 is 3.15. The normalized spacial score (nSPS) is 16.9. The van der Waals surface area contributed by atoms with E-state index in [9.17, 15) is 13.2 Å². The first-order valence-corrected chi connectivity index (χ1v) is 8.61. The number of sulfonamides is 1. The third kappa shape index (κ3) is 3.59. The minimum absolute atomic E-state index is 0.0413. The summed E-state index contributed by atoms with van der Waals surface area (Å²) in [7, 11) is -3.71. The molecule has 0 radical (unpaired) electrons. The second-order valence-electron chi connectivity index (χ2n) is 5.12.